The molecule has 0 aliphatic carbocycles. The van der Waals surface area contributed by atoms with Crippen LogP contribution in [0.3, 0.4) is 0 Å². The molecule has 3 rings (SSSR count). The number of hydrogen-bond donors (Lipinski definition) is 1. The van der Waals surface area contributed by atoms with Crippen LogP contribution in [0.5, 0.6) is 17.2 Å². The Bertz CT molecular complexity index is 965. The number of benzene rings is 2. The van der Waals surface area contributed by atoms with Crippen LogP contribution in [-0.2, 0) is 9.59 Å². The molecule has 0 aromatic heterocycles. The number of carbonyl (C=O) groups excluding carboxylic acids is 2. The van der Waals surface area contributed by atoms with Crippen molar-refractivity contribution < 1.29 is 28.9 Å². The molecule has 0 saturated heterocycles. The van der Waals surface area contributed by atoms with Gasteiger partial charge in [-0.1, -0.05) is 12.1 Å². The van der Waals surface area contributed by atoms with Crippen LogP contribution in [0, 0.1) is 0 Å². The number of ketones is 1. The average molecular weight is 383 g/mol. The molecule has 7 heteroatoms. The summed E-state index contributed by atoms with van der Waals surface area (Å²) in [6, 6.07) is 11.2. The molecule has 1 aliphatic heterocycles. The number of amides is 1. The zero-order valence-electron chi connectivity index (χ0n) is 16.1. The van der Waals surface area contributed by atoms with Gasteiger partial charge in [0.2, 0.25) is 0 Å². The minimum Gasteiger partial charge on any atom is -0.503 e. The molecule has 0 spiro atoms. The minimum absolute atomic E-state index is 0.0278. The highest BCUT2D eigenvalue weighted by molar-refractivity contribution is 6.16. The van der Waals surface area contributed by atoms with Crippen molar-refractivity contribution in [3.63, 3.8) is 0 Å². The van der Waals surface area contributed by atoms with Crippen LogP contribution in [0.1, 0.15) is 18.5 Å². The Morgan fingerprint density at radius 1 is 1.00 bits per heavy atom. The minimum atomic E-state index is -0.808. The van der Waals surface area contributed by atoms with E-state index in [1.165, 1.54) is 33.2 Å². The fourth-order valence-electron chi connectivity index (χ4n) is 3.33. The SMILES string of the molecule is COc1cccc(N2C(=O)C(O)=C(C(C)=O)[C@H]2c2ccc(OC)c(OC)c2)c1. The lowest BCUT2D eigenvalue weighted by atomic mass is 9.96. The first-order chi connectivity index (χ1) is 13.4. The van der Waals surface area contributed by atoms with E-state index in [2.05, 4.69) is 0 Å². The normalized spacial score (nSPS) is 16.4. The summed E-state index contributed by atoms with van der Waals surface area (Å²) in [5, 5.41) is 10.4. The lowest BCUT2D eigenvalue weighted by molar-refractivity contribution is -0.117. The number of methoxy groups -OCH3 is 3. The Balaban J connectivity index is 2.19. The number of Topliss-reactive ketones (excluding diaryl/α,β-unsaturated/α-hetero) is 1. The summed E-state index contributed by atoms with van der Waals surface area (Å²) in [6.07, 6.45) is 0. The summed E-state index contributed by atoms with van der Waals surface area (Å²) >= 11 is 0. The van der Waals surface area contributed by atoms with Crippen molar-refractivity contribution in [2.75, 3.05) is 26.2 Å². The quantitative estimate of drug-likeness (QED) is 0.825. The molecule has 2 aromatic carbocycles. The van der Waals surface area contributed by atoms with Crippen LogP contribution in [-0.4, -0.2) is 38.1 Å². The fourth-order valence-corrected chi connectivity index (χ4v) is 3.33. The van der Waals surface area contributed by atoms with Crippen molar-refractivity contribution in [3.05, 3.63) is 59.4 Å². The van der Waals surface area contributed by atoms with Crippen molar-refractivity contribution in [3.8, 4) is 17.2 Å². The molecule has 1 N–H and O–H groups in total. The molecule has 1 atom stereocenters. The van der Waals surface area contributed by atoms with E-state index in [1.807, 2.05) is 0 Å². The summed E-state index contributed by atoms with van der Waals surface area (Å²) in [4.78, 5) is 26.5. The maximum Gasteiger partial charge on any atom is 0.294 e. The van der Waals surface area contributed by atoms with Gasteiger partial charge in [-0.15, -0.1) is 0 Å². The molecule has 28 heavy (non-hydrogen) atoms. The molecule has 0 fully saturated rings. The zero-order chi connectivity index (χ0) is 20.4. The number of nitrogens with zero attached hydrogens (tertiary/aromatic N) is 1. The second kappa shape index (κ2) is 7.64. The lowest BCUT2D eigenvalue weighted by Crippen LogP contribution is -2.30. The monoisotopic (exact) mass is 383 g/mol. The van der Waals surface area contributed by atoms with Gasteiger partial charge in [0.15, 0.2) is 23.0 Å². The Kier molecular flexibility index (Phi) is 5.26. The zero-order valence-corrected chi connectivity index (χ0v) is 16.1. The lowest BCUT2D eigenvalue weighted by Gasteiger charge is -2.27. The predicted molar refractivity (Wildman–Crippen MR) is 103 cm³/mol. The van der Waals surface area contributed by atoms with Crippen molar-refractivity contribution in [2.24, 2.45) is 0 Å². The Morgan fingerprint density at radius 3 is 2.32 bits per heavy atom. The largest absolute Gasteiger partial charge is 0.503 e. The molecule has 0 unspecified atom stereocenters. The van der Waals surface area contributed by atoms with Crippen LogP contribution >= 0.6 is 0 Å². The van der Waals surface area contributed by atoms with Gasteiger partial charge in [-0.3, -0.25) is 14.5 Å². The highest BCUT2D eigenvalue weighted by Gasteiger charge is 2.43. The molecular formula is C21H21NO6. The highest BCUT2D eigenvalue weighted by atomic mass is 16.5. The molecule has 0 bridgehead atoms. The van der Waals surface area contributed by atoms with Gasteiger partial charge in [0.1, 0.15) is 5.75 Å². The van der Waals surface area contributed by atoms with E-state index < -0.39 is 23.5 Å². The summed E-state index contributed by atoms with van der Waals surface area (Å²) in [6.45, 7) is 1.32. The Morgan fingerprint density at radius 2 is 1.71 bits per heavy atom. The number of ether oxygens (including phenoxy) is 3. The molecule has 1 heterocycles. The molecule has 7 nitrogen and oxygen atoms in total. The van der Waals surface area contributed by atoms with Crippen molar-refractivity contribution in [2.45, 2.75) is 13.0 Å². The van der Waals surface area contributed by atoms with E-state index in [4.69, 9.17) is 14.2 Å². The van der Waals surface area contributed by atoms with E-state index in [-0.39, 0.29) is 5.57 Å². The van der Waals surface area contributed by atoms with E-state index in [0.717, 1.165) is 0 Å². The van der Waals surface area contributed by atoms with Crippen molar-refractivity contribution in [1.29, 1.82) is 0 Å². The second-order valence-electron chi connectivity index (χ2n) is 6.21. The first-order valence-corrected chi connectivity index (χ1v) is 8.56. The number of rotatable bonds is 6. The fraction of sp³-hybridized carbons (Fsp3) is 0.238. The van der Waals surface area contributed by atoms with E-state index in [1.54, 1.807) is 42.5 Å². The smallest absolute Gasteiger partial charge is 0.294 e. The third-order valence-electron chi connectivity index (χ3n) is 4.64. The number of anilines is 1. The molecular weight excluding hydrogens is 362 g/mol. The molecule has 146 valence electrons. The van der Waals surface area contributed by atoms with Crippen LogP contribution in [0.4, 0.5) is 5.69 Å². The van der Waals surface area contributed by atoms with Gasteiger partial charge in [0, 0.05) is 11.8 Å². The van der Waals surface area contributed by atoms with Crippen molar-refractivity contribution in [1.82, 2.24) is 0 Å². The van der Waals surface area contributed by atoms with E-state index in [0.29, 0.717) is 28.5 Å². The van der Waals surface area contributed by atoms with Gasteiger partial charge in [-0.2, -0.15) is 0 Å². The maximum atomic E-state index is 12.9. The number of aliphatic hydroxyl groups is 1. The summed E-state index contributed by atoms with van der Waals surface area (Å²) in [5.41, 5.74) is 1.12. The van der Waals surface area contributed by atoms with E-state index >= 15 is 0 Å². The van der Waals surface area contributed by atoms with Crippen LogP contribution in [0.2, 0.25) is 0 Å². The molecule has 1 aliphatic rings. The standard InChI is InChI=1S/C21H21NO6/c1-12(23)18-19(13-8-9-16(27-3)17(10-13)28-4)22(21(25)20(18)24)14-6-5-7-15(11-14)26-2/h5-11,19,24H,1-4H3/t19-/m1/s1. The molecule has 2 aromatic rings. The van der Waals surface area contributed by atoms with Crippen LogP contribution < -0.4 is 19.1 Å². The Labute approximate surface area is 162 Å². The summed E-state index contributed by atoms with van der Waals surface area (Å²) in [5.74, 6) is -0.0927. The van der Waals surface area contributed by atoms with Gasteiger partial charge in [0.25, 0.3) is 5.91 Å². The highest BCUT2D eigenvalue weighted by Crippen LogP contribution is 2.43. The second-order valence-corrected chi connectivity index (χ2v) is 6.21. The Hall–Kier alpha value is -3.48. The summed E-state index contributed by atoms with van der Waals surface area (Å²) in [7, 11) is 4.54. The molecule has 0 radical (unpaired) electrons. The topological polar surface area (TPSA) is 85.3 Å². The number of carbonyl (C=O) groups is 2. The van der Waals surface area contributed by atoms with Crippen LogP contribution in [0.25, 0.3) is 0 Å². The third-order valence-corrected chi connectivity index (χ3v) is 4.64. The van der Waals surface area contributed by atoms with Gasteiger partial charge < -0.3 is 19.3 Å². The van der Waals surface area contributed by atoms with Gasteiger partial charge in [0.05, 0.1) is 32.9 Å². The van der Waals surface area contributed by atoms with Gasteiger partial charge in [-0.25, -0.2) is 0 Å². The number of aliphatic hydroxyl groups excluding tert-OH is 1. The number of hydrogen-bond acceptors (Lipinski definition) is 6. The third kappa shape index (κ3) is 3.15. The van der Waals surface area contributed by atoms with Gasteiger partial charge >= 0.3 is 0 Å². The van der Waals surface area contributed by atoms with E-state index in [9.17, 15) is 14.7 Å². The molecule has 0 saturated carbocycles. The van der Waals surface area contributed by atoms with Crippen LogP contribution in [0.15, 0.2) is 53.8 Å². The van der Waals surface area contributed by atoms with Gasteiger partial charge in [-0.05, 0) is 36.8 Å². The maximum absolute atomic E-state index is 12.9. The molecule has 1 amide bonds. The first-order valence-electron chi connectivity index (χ1n) is 8.56. The summed E-state index contributed by atoms with van der Waals surface area (Å²) < 4.78 is 15.9. The predicted octanol–water partition coefficient (Wildman–Crippen LogP) is 3.20. The van der Waals surface area contributed by atoms with Crippen molar-refractivity contribution >= 4 is 17.4 Å². The average Bonchev–Trinajstić information content (AvgIpc) is 2.98. The first kappa shape index (κ1) is 19.3.